The van der Waals surface area contributed by atoms with Gasteiger partial charge in [0, 0.05) is 25.6 Å². The van der Waals surface area contributed by atoms with Gasteiger partial charge in [-0.1, -0.05) is 12.2 Å². The van der Waals surface area contributed by atoms with E-state index in [0.29, 0.717) is 17.7 Å². The summed E-state index contributed by atoms with van der Waals surface area (Å²) in [5.41, 5.74) is 7.50. The highest BCUT2D eigenvalue weighted by Gasteiger charge is 2.42. The van der Waals surface area contributed by atoms with Gasteiger partial charge in [0.1, 0.15) is 35.8 Å². The molecule has 2 aromatic heterocycles. The average Bonchev–Trinajstić information content (AvgIpc) is 3.54. The largest absolute Gasteiger partial charge is 0.472 e. The third kappa shape index (κ3) is 5.61. The maximum Gasteiger partial charge on any atom is 0.472 e. The molecule has 2 aromatic rings. The van der Waals surface area contributed by atoms with Crippen molar-refractivity contribution in [2.75, 3.05) is 25.5 Å². The molecular weight excluding hydrogens is 545 g/mol. The number of fused-ring (bicyclic) bond motifs is 1. The minimum absolute atomic E-state index is 0.0921. The van der Waals surface area contributed by atoms with Gasteiger partial charge in [0.15, 0.2) is 10.6 Å². The molecule has 0 aromatic carbocycles. The maximum atomic E-state index is 12.5. The van der Waals surface area contributed by atoms with Crippen molar-refractivity contribution in [3.05, 3.63) is 22.7 Å². The van der Waals surface area contributed by atoms with E-state index in [4.69, 9.17) is 36.5 Å². The van der Waals surface area contributed by atoms with Gasteiger partial charge in [0.2, 0.25) is 0 Å². The topological polar surface area (TPSA) is 220 Å². The second-order valence-electron chi connectivity index (χ2n) is 9.24. The highest BCUT2D eigenvalue weighted by atomic mass is 32.1. The molecular formula is C20H28N7O9PS. The number of hydrogen-bond donors (Lipinski definition) is 6. The zero-order chi connectivity index (χ0) is 27.2. The molecule has 5 rings (SSSR count). The standard InChI is InChI=1S/C20H28N7O9PS/c1-9-4-22-20(30)26(5-9)14-2-10(28)12(35-14)6-33-37(31,32)34-7-13-11(29)3-15(36-13)27-8-23-16-17(27)24-19(21)25-18(16)38/h5,8,10-15,28-29H,2-4,6-7H2,1H3,(H,22,30)(H,31,32)(H3,21,24,25,38)/t10-,11-,12-,13-,14-,15-/m1/s1. The fraction of sp³-hybridized carbons (Fsp3) is 0.600. The third-order valence-corrected chi connectivity index (χ3v) is 7.65. The van der Waals surface area contributed by atoms with Crippen LogP contribution >= 0.6 is 20.0 Å². The molecule has 7 atom stereocenters. The summed E-state index contributed by atoms with van der Waals surface area (Å²) in [6.07, 6.45) is -2.08. The lowest BCUT2D eigenvalue weighted by Crippen LogP contribution is -2.46. The van der Waals surface area contributed by atoms with Gasteiger partial charge in [0.25, 0.3) is 0 Å². The van der Waals surface area contributed by atoms with Crippen LogP contribution in [-0.2, 0) is 23.1 Å². The van der Waals surface area contributed by atoms with Crippen LogP contribution in [0.3, 0.4) is 0 Å². The Morgan fingerprint density at radius 2 is 1.84 bits per heavy atom. The van der Waals surface area contributed by atoms with E-state index in [-0.39, 0.29) is 29.5 Å². The number of aromatic amines is 1. The number of phosphoric ester groups is 1. The highest BCUT2D eigenvalue weighted by molar-refractivity contribution is 7.71. The zero-order valence-corrected chi connectivity index (χ0v) is 21.9. The normalized spacial score (nSPS) is 31.4. The smallest absolute Gasteiger partial charge is 0.390 e. The van der Waals surface area contributed by atoms with Crippen LogP contribution in [0.2, 0.25) is 0 Å². The molecule has 3 aliphatic heterocycles. The summed E-state index contributed by atoms with van der Waals surface area (Å²) in [5, 5.41) is 23.5. The first-order valence-electron chi connectivity index (χ1n) is 11.8. The van der Waals surface area contributed by atoms with Crippen LogP contribution in [0.5, 0.6) is 0 Å². The van der Waals surface area contributed by atoms with Gasteiger partial charge < -0.3 is 40.6 Å². The van der Waals surface area contributed by atoms with Gasteiger partial charge >= 0.3 is 13.9 Å². The number of nitrogen functional groups attached to an aromatic ring is 1. The summed E-state index contributed by atoms with van der Waals surface area (Å²) in [5.74, 6) is 0.0921. The first-order valence-corrected chi connectivity index (χ1v) is 13.7. The van der Waals surface area contributed by atoms with Crippen LogP contribution in [0.4, 0.5) is 10.7 Å². The SMILES string of the molecule is CC1=CN([C@H]2C[C@@H](O)[C@@H](COP(=O)(O)OC[C@H]3O[C@@H](n4cnc5c(=S)nc(N)[nH]c54)C[C@H]3O)O2)C(=O)NC1. The molecule has 0 bridgehead atoms. The molecule has 0 spiro atoms. The number of urea groups is 1. The summed E-state index contributed by atoms with van der Waals surface area (Å²) in [6.45, 7) is 1.34. The number of H-pyrrole nitrogens is 1. The number of aromatic nitrogens is 4. The molecule has 2 amide bonds. The van der Waals surface area contributed by atoms with Crippen LogP contribution in [0.25, 0.3) is 11.2 Å². The molecule has 1 unspecified atom stereocenters. The van der Waals surface area contributed by atoms with Crippen molar-refractivity contribution >= 4 is 43.2 Å². The van der Waals surface area contributed by atoms with Gasteiger partial charge in [-0.3, -0.25) is 18.5 Å². The first kappa shape index (κ1) is 27.1. The predicted molar refractivity (Wildman–Crippen MR) is 132 cm³/mol. The molecule has 2 saturated heterocycles. The minimum atomic E-state index is -4.61. The number of imidazole rings is 1. The number of aliphatic hydroxyl groups excluding tert-OH is 2. The van der Waals surface area contributed by atoms with Crippen LogP contribution < -0.4 is 11.1 Å². The number of amides is 2. The Labute approximate surface area is 221 Å². The van der Waals surface area contributed by atoms with E-state index in [1.54, 1.807) is 10.8 Å². The van der Waals surface area contributed by atoms with Crippen LogP contribution in [-0.4, -0.2) is 96.0 Å². The summed E-state index contributed by atoms with van der Waals surface area (Å²) in [7, 11) is -4.61. The molecule has 0 saturated carbocycles. The number of rotatable bonds is 8. The lowest BCUT2D eigenvalue weighted by molar-refractivity contribution is -0.0614. The van der Waals surface area contributed by atoms with E-state index in [0.717, 1.165) is 5.57 Å². The van der Waals surface area contributed by atoms with Gasteiger partial charge in [-0.05, 0) is 12.5 Å². The third-order valence-electron chi connectivity index (χ3n) is 6.41. The molecule has 7 N–H and O–H groups in total. The van der Waals surface area contributed by atoms with Crippen molar-refractivity contribution < 1.29 is 43.0 Å². The number of nitrogens with two attached hydrogens (primary N) is 1. The highest BCUT2D eigenvalue weighted by Crippen LogP contribution is 2.45. The number of nitrogens with zero attached hydrogens (tertiary/aromatic N) is 4. The van der Waals surface area contributed by atoms with Gasteiger partial charge in [-0.15, -0.1) is 0 Å². The number of anilines is 1. The Bertz CT molecular complexity index is 1350. The van der Waals surface area contributed by atoms with Crippen LogP contribution in [0.1, 0.15) is 26.0 Å². The number of hydrogen-bond acceptors (Lipinski definition) is 12. The molecule has 0 aliphatic carbocycles. The van der Waals surface area contributed by atoms with Crippen molar-refractivity contribution in [2.24, 2.45) is 0 Å². The Balaban J connectivity index is 1.14. The van der Waals surface area contributed by atoms with E-state index in [1.165, 1.54) is 11.2 Å². The van der Waals surface area contributed by atoms with E-state index >= 15 is 0 Å². The first-order chi connectivity index (χ1) is 18.0. The van der Waals surface area contributed by atoms with Gasteiger partial charge in [-0.25, -0.2) is 19.3 Å². The monoisotopic (exact) mass is 573 g/mol. The van der Waals surface area contributed by atoms with E-state index in [9.17, 15) is 24.5 Å². The summed E-state index contributed by atoms with van der Waals surface area (Å²) in [4.78, 5) is 34.6. The van der Waals surface area contributed by atoms with Crippen molar-refractivity contribution in [3.8, 4) is 0 Å². The molecule has 16 nitrogen and oxygen atoms in total. The molecule has 2 fully saturated rings. The molecule has 208 valence electrons. The fourth-order valence-electron chi connectivity index (χ4n) is 4.48. The molecule has 0 radical (unpaired) electrons. The fourth-order valence-corrected chi connectivity index (χ4v) is 5.47. The van der Waals surface area contributed by atoms with Crippen molar-refractivity contribution in [3.63, 3.8) is 0 Å². The summed E-state index contributed by atoms with van der Waals surface area (Å²) < 4.78 is 35.9. The Morgan fingerprint density at radius 1 is 1.21 bits per heavy atom. The minimum Gasteiger partial charge on any atom is -0.390 e. The number of carbonyl (C=O) groups excluding carboxylic acids is 1. The van der Waals surface area contributed by atoms with E-state index < -0.39 is 57.9 Å². The molecule has 38 heavy (non-hydrogen) atoms. The maximum absolute atomic E-state index is 12.5. The van der Waals surface area contributed by atoms with Gasteiger partial charge in [0.05, 0.1) is 31.7 Å². The summed E-state index contributed by atoms with van der Waals surface area (Å²) in [6, 6.07) is -0.370. The summed E-state index contributed by atoms with van der Waals surface area (Å²) >= 11 is 5.16. The Kier molecular flexibility index (Phi) is 7.56. The Morgan fingerprint density at radius 3 is 2.53 bits per heavy atom. The van der Waals surface area contributed by atoms with E-state index in [1.807, 2.05) is 6.92 Å². The average molecular weight is 574 g/mol. The second kappa shape index (κ2) is 10.6. The quantitative estimate of drug-likeness (QED) is 0.185. The lowest BCUT2D eigenvalue weighted by Gasteiger charge is -2.29. The lowest BCUT2D eigenvalue weighted by atomic mass is 10.2. The number of nitrogens with one attached hydrogen (secondary N) is 2. The van der Waals surface area contributed by atoms with Gasteiger partial charge in [-0.2, -0.15) is 0 Å². The predicted octanol–water partition coefficient (Wildman–Crippen LogP) is 0.258. The number of ether oxygens (including phenoxy) is 2. The molecule has 5 heterocycles. The van der Waals surface area contributed by atoms with Crippen LogP contribution in [0.15, 0.2) is 18.1 Å². The van der Waals surface area contributed by atoms with Crippen molar-refractivity contribution in [1.29, 1.82) is 0 Å². The van der Waals surface area contributed by atoms with Crippen LogP contribution in [0, 0.1) is 4.64 Å². The van der Waals surface area contributed by atoms with E-state index in [2.05, 4.69) is 20.3 Å². The molecule has 18 heteroatoms. The number of phosphoric acid groups is 1. The van der Waals surface area contributed by atoms with Crippen molar-refractivity contribution in [2.45, 2.75) is 56.6 Å². The molecule has 3 aliphatic rings. The Hall–Kier alpha value is -2.47. The van der Waals surface area contributed by atoms with Crippen molar-refractivity contribution in [1.82, 2.24) is 29.7 Å². The zero-order valence-electron chi connectivity index (χ0n) is 20.2. The number of aliphatic hydroxyl groups is 2. The second-order valence-corrected chi connectivity index (χ2v) is 11.1. The number of carbonyl (C=O) groups is 1.